The molecule has 1 aromatic rings. The van der Waals surface area contributed by atoms with Crippen molar-refractivity contribution in [3.8, 4) is 0 Å². The van der Waals surface area contributed by atoms with E-state index in [1.807, 2.05) is 32.0 Å². The maximum atomic E-state index is 12.2. The summed E-state index contributed by atoms with van der Waals surface area (Å²) < 4.78 is 0.977. The predicted octanol–water partition coefficient (Wildman–Crippen LogP) is 2.75. The van der Waals surface area contributed by atoms with Crippen molar-refractivity contribution in [3.63, 3.8) is 0 Å². The van der Waals surface area contributed by atoms with Crippen LogP contribution in [0, 0.1) is 5.92 Å². The van der Waals surface area contributed by atoms with Crippen molar-refractivity contribution in [2.45, 2.75) is 32.8 Å². The lowest BCUT2D eigenvalue weighted by Gasteiger charge is -2.21. The molecule has 1 amide bonds. The second-order valence-corrected chi connectivity index (χ2v) is 6.00. The molecule has 98 valence electrons. The second kappa shape index (κ2) is 5.41. The number of hydrogen-bond donors (Lipinski definition) is 1. The molecule has 1 heterocycles. The third-order valence-corrected chi connectivity index (χ3v) is 3.89. The minimum atomic E-state index is -0.561. The zero-order valence-corrected chi connectivity index (χ0v) is 12.3. The van der Waals surface area contributed by atoms with Crippen LogP contribution in [0.5, 0.6) is 0 Å². The lowest BCUT2D eigenvalue weighted by molar-refractivity contribution is -0.120. The quantitative estimate of drug-likeness (QED) is 0.932. The summed E-state index contributed by atoms with van der Waals surface area (Å²) >= 11 is 3.43. The molecule has 0 spiro atoms. The molecular weight excluding hydrogens is 294 g/mol. The Bertz CT molecular complexity index is 459. The van der Waals surface area contributed by atoms with Crippen LogP contribution in [-0.4, -0.2) is 23.7 Å². The Balaban J connectivity index is 2.13. The van der Waals surface area contributed by atoms with Crippen molar-refractivity contribution >= 4 is 27.5 Å². The van der Waals surface area contributed by atoms with Crippen LogP contribution in [0.4, 0.5) is 5.69 Å². The Kier molecular flexibility index (Phi) is 4.07. The van der Waals surface area contributed by atoms with Crippen LogP contribution in [0.15, 0.2) is 22.7 Å². The van der Waals surface area contributed by atoms with Crippen LogP contribution >= 0.6 is 15.9 Å². The van der Waals surface area contributed by atoms with Crippen molar-refractivity contribution in [3.05, 3.63) is 28.2 Å². The summed E-state index contributed by atoms with van der Waals surface area (Å²) in [5, 5.41) is 9.80. The van der Waals surface area contributed by atoms with Gasteiger partial charge in [-0.2, -0.15) is 0 Å². The third kappa shape index (κ3) is 2.75. The number of carbonyl (C=O) groups excluding carboxylic acids is 1. The first kappa shape index (κ1) is 13.6. The highest BCUT2D eigenvalue weighted by Gasteiger charge is 2.26. The van der Waals surface area contributed by atoms with Gasteiger partial charge in [0.25, 0.3) is 0 Å². The standard InChI is InChI=1S/C14H18BrNO2/c1-9(2)13(17)8-14(18)16-6-5-10-3-4-11(15)7-12(10)16/h3-4,7,9,13,17H,5-6,8H2,1-2H3. The number of carbonyl (C=O) groups is 1. The van der Waals surface area contributed by atoms with E-state index in [1.165, 1.54) is 5.56 Å². The topological polar surface area (TPSA) is 40.5 Å². The van der Waals surface area contributed by atoms with Crippen LogP contribution in [0.3, 0.4) is 0 Å². The van der Waals surface area contributed by atoms with Crippen molar-refractivity contribution in [2.24, 2.45) is 5.92 Å². The van der Waals surface area contributed by atoms with Gasteiger partial charge in [-0.15, -0.1) is 0 Å². The molecule has 1 N–H and O–H groups in total. The van der Waals surface area contributed by atoms with Gasteiger partial charge in [-0.25, -0.2) is 0 Å². The zero-order valence-electron chi connectivity index (χ0n) is 10.7. The molecular formula is C14H18BrNO2. The van der Waals surface area contributed by atoms with E-state index in [0.717, 1.165) is 23.1 Å². The molecule has 1 aliphatic rings. The molecule has 0 saturated carbocycles. The highest BCUT2D eigenvalue weighted by Crippen LogP contribution is 2.31. The summed E-state index contributed by atoms with van der Waals surface area (Å²) in [6.45, 7) is 4.56. The molecule has 0 bridgehead atoms. The normalized spacial score (nSPS) is 15.9. The molecule has 2 rings (SSSR count). The number of amides is 1. The van der Waals surface area contributed by atoms with Gasteiger partial charge >= 0.3 is 0 Å². The van der Waals surface area contributed by atoms with E-state index in [4.69, 9.17) is 0 Å². The van der Waals surface area contributed by atoms with Gasteiger partial charge in [-0.05, 0) is 30.0 Å². The number of hydrogen-bond acceptors (Lipinski definition) is 2. The average Bonchev–Trinajstić information content (AvgIpc) is 2.71. The van der Waals surface area contributed by atoms with Gasteiger partial charge in [-0.3, -0.25) is 4.79 Å². The Hall–Kier alpha value is -0.870. The number of nitrogens with zero attached hydrogens (tertiary/aromatic N) is 1. The summed E-state index contributed by atoms with van der Waals surface area (Å²) in [5.74, 6) is 0.117. The van der Waals surface area contributed by atoms with Crippen molar-refractivity contribution in [1.82, 2.24) is 0 Å². The number of fused-ring (bicyclic) bond motifs is 1. The molecule has 0 aliphatic carbocycles. The van der Waals surface area contributed by atoms with Crippen LogP contribution < -0.4 is 4.90 Å². The van der Waals surface area contributed by atoms with Gasteiger partial charge in [0.15, 0.2) is 0 Å². The number of halogens is 1. The van der Waals surface area contributed by atoms with Crippen molar-refractivity contribution in [1.29, 1.82) is 0 Å². The highest BCUT2D eigenvalue weighted by atomic mass is 79.9. The SMILES string of the molecule is CC(C)C(O)CC(=O)N1CCc2ccc(Br)cc21. The van der Waals surface area contributed by atoms with Crippen LogP contribution in [0.1, 0.15) is 25.8 Å². The molecule has 3 nitrogen and oxygen atoms in total. The Morgan fingerprint density at radius 3 is 2.89 bits per heavy atom. The van der Waals surface area contributed by atoms with Gasteiger partial charge in [0.1, 0.15) is 0 Å². The van der Waals surface area contributed by atoms with Gasteiger partial charge in [0, 0.05) is 16.7 Å². The fourth-order valence-corrected chi connectivity index (χ4v) is 2.49. The molecule has 0 radical (unpaired) electrons. The summed E-state index contributed by atoms with van der Waals surface area (Å²) in [4.78, 5) is 14.0. The van der Waals surface area contributed by atoms with Crippen molar-refractivity contribution < 1.29 is 9.90 Å². The fourth-order valence-electron chi connectivity index (χ4n) is 2.14. The van der Waals surface area contributed by atoms with Crippen molar-refractivity contribution in [2.75, 3.05) is 11.4 Å². The number of anilines is 1. The minimum absolute atomic E-state index is 0.00745. The summed E-state index contributed by atoms with van der Waals surface area (Å²) in [7, 11) is 0. The van der Waals surface area contributed by atoms with Gasteiger partial charge in [0.2, 0.25) is 5.91 Å². The van der Waals surface area contributed by atoms with E-state index in [-0.39, 0.29) is 18.2 Å². The molecule has 18 heavy (non-hydrogen) atoms. The maximum Gasteiger partial charge on any atom is 0.229 e. The lowest BCUT2D eigenvalue weighted by Crippen LogP contribution is -2.33. The van der Waals surface area contributed by atoms with E-state index in [9.17, 15) is 9.90 Å². The number of rotatable bonds is 3. The molecule has 1 aromatic carbocycles. The van der Waals surface area contributed by atoms with Gasteiger partial charge < -0.3 is 10.0 Å². The molecule has 4 heteroatoms. The lowest BCUT2D eigenvalue weighted by atomic mass is 10.0. The highest BCUT2D eigenvalue weighted by molar-refractivity contribution is 9.10. The first-order valence-electron chi connectivity index (χ1n) is 6.26. The van der Waals surface area contributed by atoms with Crippen LogP contribution in [-0.2, 0) is 11.2 Å². The molecule has 0 saturated heterocycles. The maximum absolute atomic E-state index is 12.2. The van der Waals surface area contributed by atoms with E-state index in [2.05, 4.69) is 15.9 Å². The first-order chi connectivity index (χ1) is 8.49. The van der Waals surface area contributed by atoms with Gasteiger partial charge in [-0.1, -0.05) is 35.8 Å². The number of aliphatic hydroxyl groups excluding tert-OH is 1. The number of benzene rings is 1. The third-order valence-electron chi connectivity index (χ3n) is 3.40. The minimum Gasteiger partial charge on any atom is -0.392 e. The Morgan fingerprint density at radius 1 is 1.50 bits per heavy atom. The molecule has 1 aliphatic heterocycles. The van der Waals surface area contributed by atoms with Crippen LogP contribution in [0.25, 0.3) is 0 Å². The number of aliphatic hydroxyl groups is 1. The fraction of sp³-hybridized carbons (Fsp3) is 0.500. The zero-order chi connectivity index (χ0) is 13.3. The van der Waals surface area contributed by atoms with Gasteiger partial charge in [0.05, 0.1) is 12.5 Å². The summed E-state index contributed by atoms with van der Waals surface area (Å²) in [5.41, 5.74) is 2.18. The Morgan fingerprint density at radius 2 is 2.22 bits per heavy atom. The Labute approximate surface area is 116 Å². The first-order valence-corrected chi connectivity index (χ1v) is 7.05. The van der Waals surface area contributed by atoms with E-state index in [1.54, 1.807) is 4.90 Å². The molecule has 1 atom stereocenters. The van der Waals surface area contributed by atoms with E-state index < -0.39 is 6.10 Å². The molecule has 0 aromatic heterocycles. The largest absolute Gasteiger partial charge is 0.392 e. The smallest absolute Gasteiger partial charge is 0.229 e. The average molecular weight is 312 g/mol. The monoisotopic (exact) mass is 311 g/mol. The summed E-state index contributed by atoms with van der Waals surface area (Å²) in [6, 6.07) is 6.02. The van der Waals surface area contributed by atoms with Crippen LogP contribution in [0.2, 0.25) is 0 Å². The summed E-state index contributed by atoms with van der Waals surface area (Å²) in [6.07, 6.45) is 0.532. The van der Waals surface area contributed by atoms with E-state index in [0.29, 0.717) is 0 Å². The molecule has 0 fully saturated rings. The predicted molar refractivity (Wildman–Crippen MR) is 75.7 cm³/mol. The second-order valence-electron chi connectivity index (χ2n) is 5.08. The van der Waals surface area contributed by atoms with E-state index >= 15 is 0 Å². The molecule has 1 unspecified atom stereocenters.